The summed E-state index contributed by atoms with van der Waals surface area (Å²) in [5.74, 6) is -1.79. The Morgan fingerprint density at radius 3 is 2.31 bits per heavy atom. The Hall–Kier alpha value is -7.20. The Morgan fingerprint density at radius 1 is 0.918 bits per heavy atom. The number of aromatic nitrogens is 1. The number of benzene rings is 5. The highest BCUT2D eigenvalue weighted by Crippen LogP contribution is 2.40. The third-order valence-corrected chi connectivity index (χ3v) is 11.3. The minimum Gasteiger partial charge on any atom is -0.489 e. The number of pyridine rings is 1. The number of fused-ring (bicyclic) bond motifs is 2. The van der Waals surface area contributed by atoms with Crippen LogP contribution in [0, 0.1) is 11.3 Å². The highest BCUT2D eigenvalue weighted by atomic mass is 35.5. The van der Waals surface area contributed by atoms with Gasteiger partial charge in [0, 0.05) is 37.3 Å². The number of ether oxygens (including phenoxy) is 2. The second-order valence-electron chi connectivity index (χ2n) is 14.6. The molecule has 0 saturated carbocycles. The van der Waals surface area contributed by atoms with E-state index >= 15 is 0 Å². The zero-order valence-corrected chi connectivity index (χ0v) is 33.7. The predicted molar refractivity (Wildman–Crippen MR) is 227 cm³/mol. The highest BCUT2D eigenvalue weighted by Gasteiger charge is 2.39. The molecule has 3 N–H and O–H groups in total. The quantitative estimate of drug-likeness (QED) is 0.117. The Kier molecular flexibility index (Phi) is 11.7. The van der Waals surface area contributed by atoms with Gasteiger partial charge in [0.2, 0.25) is 12.0 Å². The van der Waals surface area contributed by atoms with Crippen molar-refractivity contribution in [3.8, 4) is 28.7 Å². The van der Waals surface area contributed by atoms with Crippen molar-refractivity contribution in [3.63, 3.8) is 0 Å². The van der Waals surface area contributed by atoms with Gasteiger partial charge in [0.05, 0.1) is 32.9 Å². The standard InChI is InChI=1S/C47H35Cl2N5O7/c48-37-16-7-29(18-38(37)49)26-60-36-14-12-32(13-15-36)43-45(56)52-39-20-34-21-41(54(25-35(34)22-42(39)61-43)46(57)33-2-1-17-51-24-33)44(55)53-40(47(58)59)19-27-3-8-30(9-4-27)31-10-5-28(23-50)6-11-31/h1-18,20,22,24,40-41,43H,19,21,25-26H2,(H,52,56)(H,53,55)(H,58,59)/t40?,41-,43-/m0/s1. The minimum absolute atomic E-state index is 0.00415. The minimum atomic E-state index is -1.30. The van der Waals surface area contributed by atoms with Crippen molar-refractivity contribution < 1.29 is 33.8 Å². The molecular formula is C47H35Cl2N5O7. The first kappa shape index (κ1) is 40.6. The molecule has 0 fully saturated rings. The Labute approximate surface area is 360 Å². The maximum atomic E-state index is 14.1. The lowest BCUT2D eigenvalue weighted by Gasteiger charge is -2.37. The largest absolute Gasteiger partial charge is 0.489 e. The molecule has 12 nitrogen and oxygen atoms in total. The van der Waals surface area contributed by atoms with Gasteiger partial charge in [-0.1, -0.05) is 77.8 Å². The molecule has 0 saturated heterocycles. The fourth-order valence-corrected chi connectivity index (χ4v) is 7.64. The summed E-state index contributed by atoms with van der Waals surface area (Å²) in [7, 11) is 0. The number of carbonyl (C=O) groups excluding carboxylic acids is 3. The van der Waals surface area contributed by atoms with E-state index in [-0.39, 0.29) is 31.6 Å². The molecule has 3 heterocycles. The van der Waals surface area contributed by atoms with Crippen LogP contribution in [-0.4, -0.2) is 50.8 Å². The van der Waals surface area contributed by atoms with Gasteiger partial charge in [0.25, 0.3) is 11.8 Å². The first-order chi connectivity index (χ1) is 29.5. The van der Waals surface area contributed by atoms with Gasteiger partial charge in [-0.05, 0) is 94.0 Å². The second-order valence-corrected chi connectivity index (χ2v) is 15.4. The fraction of sp³-hybridized carbons (Fsp3) is 0.149. The van der Waals surface area contributed by atoms with E-state index in [0.717, 1.165) is 16.7 Å². The number of rotatable bonds is 11. The molecule has 0 bridgehead atoms. The first-order valence-electron chi connectivity index (χ1n) is 19.2. The fourth-order valence-electron chi connectivity index (χ4n) is 7.32. The summed E-state index contributed by atoms with van der Waals surface area (Å²) in [6.45, 7) is 0.255. The molecule has 2 aliphatic heterocycles. The van der Waals surface area contributed by atoms with E-state index < -0.39 is 41.9 Å². The van der Waals surface area contributed by atoms with Crippen molar-refractivity contribution >= 4 is 52.6 Å². The zero-order valence-electron chi connectivity index (χ0n) is 32.2. The smallest absolute Gasteiger partial charge is 0.326 e. The van der Waals surface area contributed by atoms with Gasteiger partial charge >= 0.3 is 5.97 Å². The van der Waals surface area contributed by atoms with E-state index in [1.165, 1.54) is 17.3 Å². The molecule has 6 aromatic rings. The predicted octanol–water partition coefficient (Wildman–Crippen LogP) is 7.96. The zero-order chi connectivity index (χ0) is 42.6. The number of nitrogens with one attached hydrogen (secondary N) is 2. The van der Waals surface area contributed by atoms with Crippen molar-refractivity contribution in [1.82, 2.24) is 15.2 Å². The number of hydrogen-bond acceptors (Lipinski definition) is 8. The summed E-state index contributed by atoms with van der Waals surface area (Å²) < 4.78 is 12.2. The lowest BCUT2D eigenvalue weighted by atomic mass is 9.91. The Balaban J connectivity index is 0.991. The van der Waals surface area contributed by atoms with Crippen LogP contribution in [0.2, 0.25) is 10.0 Å². The van der Waals surface area contributed by atoms with Crippen molar-refractivity contribution in [2.24, 2.45) is 0 Å². The first-order valence-corrected chi connectivity index (χ1v) is 19.9. The molecule has 0 aliphatic carbocycles. The van der Waals surface area contributed by atoms with Crippen LogP contribution in [0.4, 0.5) is 5.69 Å². The molecule has 0 spiro atoms. The molecule has 2 aliphatic rings. The van der Waals surface area contributed by atoms with Gasteiger partial charge in [-0.3, -0.25) is 19.4 Å². The van der Waals surface area contributed by atoms with Crippen LogP contribution in [0.3, 0.4) is 0 Å². The average Bonchev–Trinajstić information content (AvgIpc) is 3.28. The van der Waals surface area contributed by atoms with Crippen LogP contribution in [-0.2, 0) is 40.4 Å². The number of nitriles is 1. The summed E-state index contributed by atoms with van der Waals surface area (Å²) in [6.07, 6.45) is 1.99. The maximum absolute atomic E-state index is 14.1. The van der Waals surface area contributed by atoms with Crippen molar-refractivity contribution in [2.45, 2.75) is 44.2 Å². The molecule has 3 amide bonds. The van der Waals surface area contributed by atoms with Gasteiger partial charge in [-0.2, -0.15) is 5.26 Å². The lowest BCUT2D eigenvalue weighted by Crippen LogP contribution is -2.56. The Morgan fingerprint density at radius 2 is 1.64 bits per heavy atom. The van der Waals surface area contributed by atoms with Crippen molar-refractivity contribution in [1.29, 1.82) is 5.26 Å². The van der Waals surface area contributed by atoms with E-state index in [9.17, 15) is 24.3 Å². The summed E-state index contributed by atoms with van der Waals surface area (Å²) >= 11 is 12.1. The number of amides is 3. The summed E-state index contributed by atoms with van der Waals surface area (Å²) in [5, 5.41) is 25.8. The molecule has 8 rings (SSSR count). The van der Waals surface area contributed by atoms with Crippen LogP contribution in [0.1, 0.15) is 49.8 Å². The van der Waals surface area contributed by atoms with Crippen molar-refractivity contribution in [3.05, 3.63) is 177 Å². The van der Waals surface area contributed by atoms with Crippen LogP contribution in [0.5, 0.6) is 11.5 Å². The van der Waals surface area contributed by atoms with E-state index in [1.54, 1.807) is 84.9 Å². The molecular weight excluding hydrogens is 817 g/mol. The summed E-state index contributed by atoms with van der Waals surface area (Å²) in [6, 6.07) is 33.0. The van der Waals surface area contributed by atoms with Crippen LogP contribution < -0.4 is 20.1 Å². The average molecular weight is 853 g/mol. The molecule has 3 atom stereocenters. The molecule has 304 valence electrons. The number of aliphatic carboxylic acids is 1. The number of carboxylic acid groups (broad SMARTS) is 1. The van der Waals surface area contributed by atoms with E-state index in [0.29, 0.717) is 55.0 Å². The van der Waals surface area contributed by atoms with Gasteiger partial charge in [0.15, 0.2) is 0 Å². The number of carboxylic acids is 1. The van der Waals surface area contributed by atoms with E-state index in [4.69, 9.17) is 37.9 Å². The Bertz CT molecular complexity index is 2690. The summed E-state index contributed by atoms with van der Waals surface area (Å²) in [4.78, 5) is 59.6. The third-order valence-electron chi connectivity index (χ3n) is 10.6. The SMILES string of the molecule is N#Cc1ccc(-c2ccc(CC(NC(=O)[C@@H]3Cc4cc5c(cc4CN3C(=O)c3cccnc3)O[C@@H](c3ccc(OCc4ccc(Cl)c(Cl)c4)cc3)C(=O)N5)C(=O)O)cc2)cc1. The van der Waals surface area contributed by atoms with E-state index in [2.05, 4.69) is 21.7 Å². The van der Waals surface area contributed by atoms with Gasteiger partial charge in [-0.25, -0.2) is 4.79 Å². The van der Waals surface area contributed by atoms with Crippen LogP contribution in [0.15, 0.2) is 128 Å². The molecule has 0 radical (unpaired) electrons. The highest BCUT2D eigenvalue weighted by molar-refractivity contribution is 6.42. The second kappa shape index (κ2) is 17.6. The normalized spacial score (nSPS) is 15.8. The van der Waals surface area contributed by atoms with E-state index in [1.807, 2.05) is 30.3 Å². The van der Waals surface area contributed by atoms with Crippen LogP contribution in [0.25, 0.3) is 11.1 Å². The monoisotopic (exact) mass is 851 g/mol. The third kappa shape index (κ3) is 9.04. The topological polar surface area (TPSA) is 171 Å². The maximum Gasteiger partial charge on any atom is 0.326 e. The van der Waals surface area contributed by atoms with Gasteiger partial charge in [-0.15, -0.1) is 0 Å². The number of nitrogens with zero attached hydrogens (tertiary/aromatic N) is 3. The van der Waals surface area contributed by atoms with Gasteiger partial charge < -0.3 is 30.1 Å². The molecule has 61 heavy (non-hydrogen) atoms. The lowest BCUT2D eigenvalue weighted by molar-refractivity contribution is -0.142. The number of hydrogen-bond donors (Lipinski definition) is 3. The molecule has 1 unspecified atom stereocenters. The molecule has 14 heteroatoms. The summed E-state index contributed by atoms with van der Waals surface area (Å²) in [5.41, 5.74) is 6.45. The van der Waals surface area contributed by atoms with Gasteiger partial charge in [0.1, 0.15) is 30.2 Å². The van der Waals surface area contributed by atoms with Crippen LogP contribution >= 0.6 is 23.2 Å². The molecule has 1 aromatic heterocycles. The number of carbonyl (C=O) groups is 4. The van der Waals surface area contributed by atoms with Crippen molar-refractivity contribution in [2.75, 3.05) is 5.32 Å². The number of anilines is 1. The number of halogens is 2. The molecule has 5 aromatic carbocycles.